The number of esters is 1. The molecular formula is C22H21NO5S. The highest BCUT2D eigenvalue weighted by Gasteiger charge is 2.22. The van der Waals surface area contributed by atoms with E-state index in [4.69, 9.17) is 14.2 Å². The summed E-state index contributed by atoms with van der Waals surface area (Å²) in [6.45, 7) is -0.422. The Morgan fingerprint density at radius 3 is 2.21 bits per heavy atom. The van der Waals surface area contributed by atoms with Crippen LogP contribution in [0.2, 0.25) is 0 Å². The fourth-order valence-corrected chi connectivity index (χ4v) is 3.68. The van der Waals surface area contributed by atoms with Gasteiger partial charge >= 0.3 is 5.97 Å². The standard InChI is InChI=1S/C22H21NO5S/c1-26-16-10-6-11-17(27-2)20(16)22(25)28-14-19(24)23-21(18-12-7-13-29-18)15-8-4-3-5-9-15/h3-13,21H,14H2,1-2H3,(H,23,24)/t21-/m0/s1. The van der Waals surface area contributed by atoms with Crippen molar-refractivity contribution in [1.82, 2.24) is 5.32 Å². The second kappa shape index (κ2) is 9.75. The maximum absolute atomic E-state index is 12.5. The minimum absolute atomic E-state index is 0.142. The Balaban J connectivity index is 1.70. The first-order valence-electron chi connectivity index (χ1n) is 8.90. The number of carbonyl (C=O) groups excluding carboxylic acids is 2. The summed E-state index contributed by atoms with van der Waals surface area (Å²) in [4.78, 5) is 26.0. The summed E-state index contributed by atoms with van der Waals surface area (Å²) >= 11 is 1.54. The molecule has 1 amide bonds. The molecule has 1 aromatic heterocycles. The molecule has 1 N–H and O–H groups in total. The van der Waals surface area contributed by atoms with Crippen molar-refractivity contribution in [3.8, 4) is 11.5 Å². The van der Waals surface area contributed by atoms with Gasteiger partial charge in [0.25, 0.3) is 5.91 Å². The first-order valence-corrected chi connectivity index (χ1v) is 9.77. The van der Waals surface area contributed by atoms with Crippen LogP contribution >= 0.6 is 11.3 Å². The molecule has 1 heterocycles. The number of methoxy groups -OCH3 is 2. The van der Waals surface area contributed by atoms with E-state index in [-0.39, 0.29) is 11.6 Å². The number of nitrogens with one attached hydrogen (secondary N) is 1. The molecule has 1 atom stereocenters. The Hall–Kier alpha value is -3.32. The molecule has 0 spiro atoms. The monoisotopic (exact) mass is 411 g/mol. The second-order valence-corrected chi connectivity index (χ2v) is 7.02. The molecule has 6 nitrogen and oxygen atoms in total. The van der Waals surface area contributed by atoms with Gasteiger partial charge in [-0.2, -0.15) is 0 Å². The van der Waals surface area contributed by atoms with Crippen molar-refractivity contribution in [2.45, 2.75) is 6.04 Å². The van der Waals surface area contributed by atoms with Crippen molar-refractivity contribution in [3.63, 3.8) is 0 Å². The Morgan fingerprint density at radius 1 is 0.931 bits per heavy atom. The molecule has 0 bridgehead atoms. The Kier molecular flexibility index (Phi) is 6.86. The zero-order valence-corrected chi connectivity index (χ0v) is 16.9. The van der Waals surface area contributed by atoms with E-state index >= 15 is 0 Å². The highest BCUT2D eigenvalue weighted by molar-refractivity contribution is 7.10. The molecule has 0 radical (unpaired) electrons. The van der Waals surface area contributed by atoms with Gasteiger partial charge in [-0.15, -0.1) is 11.3 Å². The van der Waals surface area contributed by atoms with Crippen molar-refractivity contribution < 1.29 is 23.8 Å². The van der Waals surface area contributed by atoms with Gasteiger partial charge in [-0.05, 0) is 29.1 Å². The van der Waals surface area contributed by atoms with Crippen molar-refractivity contribution in [2.24, 2.45) is 0 Å². The zero-order chi connectivity index (χ0) is 20.6. The number of benzene rings is 2. The number of amides is 1. The molecule has 0 fully saturated rings. The molecule has 3 rings (SSSR count). The predicted molar refractivity (Wildman–Crippen MR) is 111 cm³/mol. The van der Waals surface area contributed by atoms with Crippen molar-refractivity contribution >= 4 is 23.2 Å². The van der Waals surface area contributed by atoms with Gasteiger partial charge in [0.15, 0.2) is 6.61 Å². The lowest BCUT2D eigenvalue weighted by Crippen LogP contribution is -2.32. The normalized spacial score (nSPS) is 11.4. The molecule has 7 heteroatoms. The van der Waals surface area contributed by atoms with Crippen LogP contribution in [0.25, 0.3) is 0 Å². The topological polar surface area (TPSA) is 73.9 Å². The molecule has 29 heavy (non-hydrogen) atoms. The molecule has 0 saturated carbocycles. The molecule has 0 aliphatic rings. The van der Waals surface area contributed by atoms with E-state index in [1.54, 1.807) is 29.5 Å². The number of ether oxygens (including phenoxy) is 3. The second-order valence-electron chi connectivity index (χ2n) is 6.04. The average Bonchev–Trinajstić information content (AvgIpc) is 3.30. The van der Waals surface area contributed by atoms with Crippen LogP contribution in [0.15, 0.2) is 66.0 Å². The molecule has 0 aliphatic heterocycles. The van der Waals surface area contributed by atoms with Crippen LogP contribution in [0.1, 0.15) is 26.8 Å². The highest BCUT2D eigenvalue weighted by atomic mass is 32.1. The zero-order valence-electron chi connectivity index (χ0n) is 16.1. The van der Waals surface area contributed by atoms with Gasteiger partial charge in [0.05, 0.1) is 20.3 Å². The van der Waals surface area contributed by atoms with Gasteiger partial charge in [-0.25, -0.2) is 4.79 Å². The fourth-order valence-electron chi connectivity index (χ4n) is 2.88. The minimum Gasteiger partial charge on any atom is -0.496 e. The van der Waals surface area contributed by atoms with Gasteiger partial charge in [0.1, 0.15) is 17.1 Å². The smallest absolute Gasteiger partial charge is 0.346 e. The SMILES string of the molecule is COc1cccc(OC)c1C(=O)OCC(=O)N[C@@H](c1ccccc1)c1cccs1. The number of rotatable bonds is 8. The van der Waals surface area contributed by atoms with Crippen molar-refractivity contribution in [3.05, 3.63) is 82.0 Å². The maximum Gasteiger partial charge on any atom is 0.346 e. The molecule has 0 unspecified atom stereocenters. The van der Waals surface area contributed by atoms with Crippen LogP contribution in [0.4, 0.5) is 0 Å². The lowest BCUT2D eigenvalue weighted by molar-refractivity contribution is -0.124. The largest absolute Gasteiger partial charge is 0.496 e. The molecular weight excluding hydrogens is 390 g/mol. The Bertz CT molecular complexity index is 934. The summed E-state index contributed by atoms with van der Waals surface area (Å²) in [6, 6.07) is 18.1. The van der Waals surface area contributed by atoms with Crippen LogP contribution in [0.3, 0.4) is 0 Å². The van der Waals surface area contributed by atoms with Crippen molar-refractivity contribution in [1.29, 1.82) is 0 Å². The molecule has 0 aliphatic carbocycles. The maximum atomic E-state index is 12.5. The van der Waals surface area contributed by atoms with Gasteiger partial charge < -0.3 is 19.5 Å². The predicted octanol–water partition coefficient (Wildman–Crippen LogP) is 3.83. The highest BCUT2D eigenvalue weighted by Crippen LogP contribution is 2.29. The number of thiophene rings is 1. The van der Waals surface area contributed by atoms with Crippen LogP contribution in [0, 0.1) is 0 Å². The Labute approximate surface area is 173 Å². The fraction of sp³-hybridized carbons (Fsp3) is 0.182. The molecule has 150 valence electrons. The van der Waals surface area contributed by atoms with Gasteiger partial charge in [-0.3, -0.25) is 4.79 Å². The summed E-state index contributed by atoms with van der Waals surface area (Å²) in [5.41, 5.74) is 1.09. The van der Waals surface area contributed by atoms with Crippen molar-refractivity contribution in [2.75, 3.05) is 20.8 Å². The van der Waals surface area contributed by atoms with E-state index in [0.29, 0.717) is 11.5 Å². The lowest BCUT2D eigenvalue weighted by Gasteiger charge is -2.18. The van der Waals surface area contributed by atoms with E-state index in [0.717, 1.165) is 10.4 Å². The van der Waals surface area contributed by atoms with Crippen LogP contribution < -0.4 is 14.8 Å². The summed E-state index contributed by atoms with van der Waals surface area (Å²) in [7, 11) is 2.90. The Morgan fingerprint density at radius 2 is 1.62 bits per heavy atom. The first-order chi connectivity index (χ1) is 14.1. The van der Waals surface area contributed by atoms with E-state index in [1.165, 1.54) is 14.2 Å². The van der Waals surface area contributed by atoms with Gasteiger partial charge in [-0.1, -0.05) is 42.5 Å². The van der Waals surface area contributed by atoms with Gasteiger partial charge in [0.2, 0.25) is 0 Å². The number of hydrogen-bond donors (Lipinski definition) is 1. The summed E-state index contributed by atoms with van der Waals surface area (Å²) < 4.78 is 15.6. The summed E-state index contributed by atoms with van der Waals surface area (Å²) in [6.07, 6.45) is 0. The van der Waals surface area contributed by atoms with Gasteiger partial charge in [0, 0.05) is 4.88 Å². The van der Waals surface area contributed by atoms with E-state index in [2.05, 4.69) is 5.32 Å². The average molecular weight is 411 g/mol. The summed E-state index contributed by atoms with van der Waals surface area (Å²) in [5.74, 6) is -0.470. The first kappa shape index (κ1) is 20.4. The van der Waals surface area contributed by atoms with Crippen LogP contribution in [0.5, 0.6) is 11.5 Å². The third kappa shape index (κ3) is 4.94. The van der Waals surface area contributed by atoms with E-state index in [1.807, 2.05) is 47.8 Å². The van der Waals surface area contributed by atoms with Crippen LogP contribution in [-0.2, 0) is 9.53 Å². The summed E-state index contributed by atoms with van der Waals surface area (Å²) in [5, 5.41) is 4.88. The molecule has 2 aromatic carbocycles. The van der Waals surface area contributed by atoms with E-state index < -0.39 is 18.5 Å². The molecule has 0 saturated heterocycles. The molecule has 3 aromatic rings. The van der Waals surface area contributed by atoms with Crippen LogP contribution in [-0.4, -0.2) is 32.7 Å². The third-order valence-corrected chi connectivity index (χ3v) is 5.17. The quantitative estimate of drug-likeness (QED) is 0.571. The van der Waals surface area contributed by atoms with E-state index in [9.17, 15) is 9.59 Å². The lowest BCUT2D eigenvalue weighted by atomic mass is 10.1. The minimum atomic E-state index is -0.693. The number of hydrogen-bond acceptors (Lipinski definition) is 6. The number of carbonyl (C=O) groups is 2. The third-order valence-electron chi connectivity index (χ3n) is 4.23.